The summed E-state index contributed by atoms with van der Waals surface area (Å²) in [5.41, 5.74) is 11.7. The Labute approximate surface area is 149 Å². The molecule has 0 saturated carbocycles. The lowest BCUT2D eigenvalue weighted by molar-refractivity contribution is 0.139. The second-order valence-electron chi connectivity index (χ2n) is 6.48. The molecule has 2 aromatic carbocycles. The van der Waals surface area contributed by atoms with E-state index in [0.717, 1.165) is 44.2 Å². The molecule has 1 aliphatic carbocycles. The van der Waals surface area contributed by atoms with Crippen LogP contribution in [0.4, 0.5) is 4.79 Å². The fourth-order valence-corrected chi connectivity index (χ4v) is 3.37. The Kier molecular flexibility index (Phi) is 6.07. The molecule has 25 heavy (non-hydrogen) atoms. The molecule has 0 aliphatic heterocycles. The summed E-state index contributed by atoms with van der Waals surface area (Å²) in [5, 5.41) is 2.82. The Morgan fingerprint density at radius 3 is 2.68 bits per heavy atom. The highest BCUT2D eigenvalue weighted by atomic mass is 16.5. The smallest absolute Gasteiger partial charge is 0.407 e. The van der Waals surface area contributed by atoms with E-state index in [1.165, 1.54) is 22.3 Å². The molecule has 0 heterocycles. The third kappa shape index (κ3) is 4.40. The van der Waals surface area contributed by atoms with Gasteiger partial charge in [-0.15, -0.1) is 0 Å². The zero-order valence-electron chi connectivity index (χ0n) is 14.6. The number of carbonyl (C=O) groups is 1. The summed E-state index contributed by atoms with van der Waals surface area (Å²) in [7, 11) is 0. The van der Waals surface area contributed by atoms with Gasteiger partial charge in [0.25, 0.3) is 0 Å². The highest BCUT2D eigenvalue weighted by Crippen LogP contribution is 2.38. The Balaban J connectivity index is 1.49. The highest BCUT2D eigenvalue weighted by molar-refractivity contribution is 5.78. The third-order valence-corrected chi connectivity index (χ3v) is 4.71. The number of hydrogen-bond acceptors (Lipinski definition) is 3. The van der Waals surface area contributed by atoms with E-state index in [1.807, 2.05) is 12.1 Å². The van der Waals surface area contributed by atoms with Gasteiger partial charge < -0.3 is 15.8 Å². The summed E-state index contributed by atoms with van der Waals surface area (Å²) in [6, 6.07) is 14.7. The van der Waals surface area contributed by atoms with Crippen LogP contribution < -0.4 is 11.1 Å². The topological polar surface area (TPSA) is 64.3 Å². The monoisotopic (exact) mass is 338 g/mol. The quantitative estimate of drug-likeness (QED) is 0.610. The van der Waals surface area contributed by atoms with Gasteiger partial charge in [-0.2, -0.15) is 0 Å². The van der Waals surface area contributed by atoms with Gasteiger partial charge in [0.05, 0.1) is 0 Å². The summed E-state index contributed by atoms with van der Waals surface area (Å²) in [6.07, 6.45) is 4.78. The zero-order valence-corrected chi connectivity index (χ0v) is 14.6. The van der Waals surface area contributed by atoms with Gasteiger partial charge in [-0.3, -0.25) is 0 Å². The van der Waals surface area contributed by atoms with Crippen molar-refractivity contribution in [3.8, 4) is 11.1 Å². The Morgan fingerprint density at radius 1 is 1.00 bits per heavy atom. The van der Waals surface area contributed by atoms with E-state index in [2.05, 4.69) is 35.6 Å². The van der Waals surface area contributed by atoms with Gasteiger partial charge in [0, 0.05) is 6.54 Å². The molecule has 0 spiro atoms. The summed E-state index contributed by atoms with van der Waals surface area (Å²) in [4.78, 5) is 11.9. The molecule has 0 radical (unpaired) electrons. The number of unbranched alkanes of at least 4 members (excludes halogenated alkanes) is 3. The van der Waals surface area contributed by atoms with Crippen molar-refractivity contribution >= 4 is 6.09 Å². The second-order valence-corrected chi connectivity index (χ2v) is 6.48. The summed E-state index contributed by atoms with van der Waals surface area (Å²) < 4.78 is 5.41. The van der Waals surface area contributed by atoms with Gasteiger partial charge >= 0.3 is 6.09 Å². The van der Waals surface area contributed by atoms with Crippen LogP contribution in [0, 0.1) is 0 Å². The van der Waals surface area contributed by atoms with Crippen LogP contribution in [0.1, 0.15) is 42.4 Å². The Bertz CT molecular complexity index is 728. The fourth-order valence-electron chi connectivity index (χ4n) is 3.37. The number of fused-ring (bicyclic) bond motifs is 3. The molecule has 0 aromatic heterocycles. The first kappa shape index (κ1) is 17.5. The normalized spacial score (nSPS) is 11.7. The first-order valence-corrected chi connectivity index (χ1v) is 9.09. The first-order valence-electron chi connectivity index (χ1n) is 9.09. The summed E-state index contributed by atoms with van der Waals surface area (Å²) >= 11 is 0. The molecule has 2 aromatic rings. The lowest BCUT2D eigenvalue weighted by Crippen LogP contribution is -2.25. The number of nitrogens with two attached hydrogens (primary N) is 1. The number of benzene rings is 2. The minimum Gasteiger partial charge on any atom is -0.445 e. The van der Waals surface area contributed by atoms with Gasteiger partial charge in [-0.1, -0.05) is 55.3 Å². The molecule has 0 bridgehead atoms. The number of rotatable bonds is 8. The molecule has 132 valence electrons. The maximum Gasteiger partial charge on any atom is 0.407 e. The molecular weight excluding hydrogens is 312 g/mol. The van der Waals surface area contributed by atoms with E-state index < -0.39 is 0 Å². The van der Waals surface area contributed by atoms with Crippen LogP contribution in [0.15, 0.2) is 42.5 Å². The van der Waals surface area contributed by atoms with Crippen LogP contribution in [-0.2, 0) is 17.8 Å². The Morgan fingerprint density at radius 2 is 1.80 bits per heavy atom. The molecule has 0 fully saturated rings. The number of hydrogen-bond donors (Lipinski definition) is 2. The molecule has 1 amide bonds. The predicted octanol–water partition coefficient (Wildman–Crippen LogP) is 4.00. The summed E-state index contributed by atoms with van der Waals surface area (Å²) in [5.74, 6) is 0. The number of amides is 1. The van der Waals surface area contributed by atoms with E-state index in [-0.39, 0.29) is 6.09 Å². The van der Waals surface area contributed by atoms with Crippen LogP contribution in [-0.4, -0.2) is 19.2 Å². The summed E-state index contributed by atoms with van der Waals surface area (Å²) in [6.45, 7) is 1.71. The highest BCUT2D eigenvalue weighted by Gasteiger charge is 2.20. The molecule has 1 aliphatic rings. The van der Waals surface area contributed by atoms with Crippen LogP contribution in [0.25, 0.3) is 11.1 Å². The average molecular weight is 338 g/mol. The van der Waals surface area contributed by atoms with Crippen molar-refractivity contribution in [1.29, 1.82) is 0 Å². The van der Waals surface area contributed by atoms with Crippen molar-refractivity contribution in [1.82, 2.24) is 5.32 Å². The molecule has 3 rings (SSSR count). The van der Waals surface area contributed by atoms with Gasteiger partial charge in [-0.05, 0) is 53.6 Å². The van der Waals surface area contributed by atoms with E-state index in [1.54, 1.807) is 0 Å². The van der Waals surface area contributed by atoms with Gasteiger partial charge in [0.15, 0.2) is 0 Å². The van der Waals surface area contributed by atoms with Crippen molar-refractivity contribution < 1.29 is 9.53 Å². The van der Waals surface area contributed by atoms with Gasteiger partial charge in [0.2, 0.25) is 0 Å². The second kappa shape index (κ2) is 8.67. The first-order chi connectivity index (χ1) is 12.3. The van der Waals surface area contributed by atoms with E-state index in [4.69, 9.17) is 10.5 Å². The SMILES string of the molecule is NCCCCCCNC(=O)OCc1cccc2c1Cc1ccccc1-2. The van der Waals surface area contributed by atoms with E-state index >= 15 is 0 Å². The fraction of sp³-hybridized carbons (Fsp3) is 0.381. The molecule has 0 unspecified atom stereocenters. The third-order valence-electron chi connectivity index (χ3n) is 4.71. The number of carbonyl (C=O) groups excluding carboxylic acids is 1. The lowest BCUT2D eigenvalue weighted by Gasteiger charge is -2.10. The predicted molar refractivity (Wildman–Crippen MR) is 100 cm³/mol. The van der Waals surface area contributed by atoms with Gasteiger partial charge in [0.1, 0.15) is 6.61 Å². The van der Waals surface area contributed by atoms with Crippen LogP contribution in [0.3, 0.4) is 0 Å². The zero-order chi connectivity index (χ0) is 17.5. The number of ether oxygens (including phenoxy) is 1. The molecule has 4 nitrogen and oxygen atoms in total. The van der Waals surface area contributed by atoms with Crippen molar-refractivity contribution in [3.63, 3.8) is 0 Å². The van der Waals surface area contributed by atoms with Crippen molar-refractivity contribution in [2.45, 2.75) is 38.7 Å². The molecule has 0 atom stereocenters. The van der Waals surface area contributed by atoms with E-state index in [0.29, 0.717) is 13.2 Å². The minimum absolute atomic E-state index is 0.316. The lowest BCUT2D eigenvalue weighted by atomic mass is 10.0. The van der Waals surface area contributed by atoms with Crippen molar-refractivity contribution in [2.24, 2.45) is 5.73 Å². The average Bonchev–Trinajstić information content (AvgIpc) is 3.02. The molecule has 3 N–H and O–H groups in total. The number of nitrogens with one attached hydrogen (secondary N) is 1. The van der Waals surface area contributed by atoms with E-state index in [9.17, 15) is 4.79 Å². The maximum absolute atomic E-state index is 11.9. The van der Waals surface area contributed by atoms with Crippen LogP contribution in [0.2, 0.25) is 0 Å². The molecule has 0 saturated heterocycles. The largest absolute Gasteiger partial charge is 0.445 e. The maximum atomic E-state index is 11.9. The van der Waals surface area contributed by atoms with Gasteiger partial charge in [-0.25, -0.2) is 4.79 Å². The molecule has 4 heteroatoms. The van der Waals surface area contributed by atoms with Crippen molar-refractivity contribution in [2.75, 3.05) is 13.1 Å². The number of alkyl carbamates (subject to hydrolysis) is 1. The molecular formula is C21H26N2O2. The van der Waals surface area contributed by atoms with Crippen LogP contribution >= 0.6 is 0 Å². The Hall–Kier alpha value is -2.33. The minimum atomic E-state index is -0.341. The standard InChI is InChI=1S/C21H26N2O2/c22-12-5-1-2-6-13-23-21(24)25-15-17-9-7-11-19-18-10-4-3-8-16(18)14-20(17)19/h3-4,7-11H,1-2,5-6,12-15,22H2,(H,23,24). The van der Waals surface area contributed by atoms with Crippen LogP contribution in [0.5, 0.6) is 0 Å². The van der Waals surface area contributed by atoms with Crippen molar-refractivity contribution in [3.05, 3.63) is 59.2 Å².